The van der Waals surface area contributed by atoms with E-state index in [2.05, 4.69) is 51.6 Å². The van der Waals surface area contributed by atoms with Gasteiger partial charge in [-0.05, 0) is 94.9 Å². The zero-order valence-corrected chi connectivity index (χ0v) is 20.4. The van der Waals surface area contributed by atoms with Gasteiger partial charge in [0.1, 0.15) is 0 Å². The molecule has 3 fully saturated rings. The first-order valence-corrected chi connectivity index (χ1v) is 12.1. The van der Waals surface area contributed by atoms with E-state index in [1.807, 2.05) is 41.2 Å². The zero-order chi connectivity index (χ0) is 22.5. The molecule has 3 aliphatic rings. The molecule has 0 amide bonds. The molecule has 2 aromatic rings. The number of hydrogen-bond donors (Lipinski definition) is 2. The van der Waals surface area contributed by atoms with Crippen LogP contribution >= 0.6 is 12.2 Å². The molecule has 0 saturated carbocycles. The monoisotopic (exact) mass is 455 g/mol. The summed E-state index contributed by atoms with van der Waals surface area (Å²) in [5.74, 6) is 1.63. The summed E-state index contributed by atoms with van der Waals surface area (Å²) >= 11 is 5.56. The van der Waals surface area contributed by atoms with Gasteiger partial charge in [0.25, 0.3) is 0 Å². The summed E-state index contributed by atoms with van der Waals surface area (Å²) in [7, 11) is 6.57. The number of rotatable bonds is 9. The lowest BCUT2D eigenvalue weighted by Gasteiger charge is -2.50. The van der Waals surface area contributed by atoms with Crippen LogP contribution in [0.1, 0.15) is 12.8 Å². The molecule has 3 saturated heterocycles. The molecule has 2 bridgehead atoms. The highest BCUT2D eigenvalue weighted by Gasteiger charge is 2.40. The van der Waals surface area contributed by atoms with E-state index >= 15 is 0 Å². The smallest absolute Gasteiger partial charge is 0.170 e. The van der Waals surface area contributed by atoms with Gasteiger partial charge in [-0.2, -0.15) is 5.10 Å². The first kappa shape index (κ1) is 23.2. The van der Waals surface area contributed by atoms with Crippen LogP contribution in [0.2, 0.25) is 0 Å². The molecule has 2 N–H and O–H groups in total. The Hall–Kier alpha value is -2.00. The minimum absolute atomic E-state index is 0.582. The largest absolute Gasteiger partial charge is 0.361 e. The second-order valence-electron chi connectivity index (χ2n) is 9.59. The van der Waals surface area contributed by atoms with Crippen LogP contribution in [0.4, 0.5) is 5.69 Å². The van der Waals surface area contributed by atoms with E-state index in [-0.39, 0.29) is 0 Å². The molecule has 32 heavy (non-hydrogen) atoms. The first-order chi connectivity index (χ1) is 15.5. The number of fused-ring (bicyclic) bond motifs is 3. The van der Waals surface area contributed by atoms with Crippen molar-refractivity contribution in [1.29, 1.82) is 0 Å². The third-order valence-electron chi connectivity index (χ3n) is 6.88. The van der Waals surface area contributed by atoms with Gasteiger partial charge in [-0.3, -0.25) is 4.90 Å². The molecule has 4 atom stereocenters. The predicted molar refractivity (Wildman–Crippen MR) is 135 cm³/mol. The SMILES string of the molecule is CN(C)CCN(C)C[C@@H]1CN2CC[C@H]1C[C@@H]2CNC(=S)Nc1ccc(-n2cccn2)cc1. The van der Waals surface area contributed by atoms with Crippen LogP contribution in [0.5, 0.6) is 0 Å². The minimum atomic E-state index is 0.582. The summed E-state index contributed by atoms with van der Waals surface area (Å²) in [5, 5.41) is 11.7. The maximum atomic E-state index is 5.56. The maximum Gasteiger partial charge on any atom is 0.170 e. The number of benzene rings is 1. The lowest BCUT2D eigenvalue weighted by atomic mass is 9.75. The Kier molecular flexibility index (Phi) is 7.78. The van der Waals surface area contributed by atoms with Gasteiger partial charge in [0.15, 0.2) is 5.11 Å². The fourth-order valence-corrected chi connectivity index (χ4v) is 5.24. The van der Waals surface area contributed by atoms with Crippen molar-refractivity contribution in [1.82, 2.24) is 29.8 Å². The van der Waals surface area contributed by atoms with Crippen molar-refractivity contribution in [3.8, 4) is 5.69 Å². The zero-order valence-electron chi connectivity index (χ0n) is 19.6. The number of anilines is 1. The molecule has 1 unspecified atom stereocenters. The van der Waals surface area contributed by atoms with Crippen molar-refractivity contribution in [2.24, 2.45) is 11.8 Å². The predicted octanol–water partition coefficient (Wildman–Crippen LogP) is 2.36. The summed E-state index contributed by atoms with van der Waals surface area (Å²) in [4.78, 5) is 7.45. The lowest BCUT2D eigenvalue weighted by Crippen LogP contribution is -2.58. The lowest BCUT2D eigenvalue weighted by molar-refractivity contribution is -0.00805. The fourth-order valence-electron chi connectivity index (χ4n) is 5.04. The number of likely N-dealkylation sites (N-methyl/N-ethyl adjacent to an activating group) is 2. The van der Waals surface area contributed by atoms with Crippen LogP contribution in [-0.4, -0.2) is 96.0 Å². The summed E-state index contributed by atoms with van der Waals surface area (Å²) in [6.45, 7) is 6.84. The van der Waals surface area contributed by atoms with Crippen LogP contribution in [0.25, 0.3) is 5.69 Å². The van der Waals surface area contributed by atoms with E-state index in [0.717, 1.165) is 42.8 Å². The van der Waals surface area contributed by atoms with Crippen LogP contribution < -0.4 is 10.6 Å². The number of nitrogens with zero attached hydrogens (tertiary/aromatic N) is 5. The number of piperidine rings is 3. The number of aromatic nitrogens is 2. The summed E-state index contributed by atoms with van der Waals surface area (Å²) in [5.41, 5.74) is 2.03. The van der Waals surface area contributed by atoms with Crippen molar-refractivity contribution >= 4 is 23.0 Å². The highest BCUT2D eigenvalue weighted by molar-refractivity contribution is 7.80. The Morgan fingerprint density at radius 1 is 1.19 bits per heavy atom. The molecule has 0 spiro atoms. The molecule has 0 aliphatic carbocycles. The van der Waals surface area contributed by atoms with Crippen molar-refractivity contribution in [3.63, 3.8) is 0 Å². The Morgan fingerprint density at radius 3 is 2.66 bits per heavy atom. The molecule has 4 heterocycles. The van der Waals surface area contributed by atoms with Gasteiger partial charge in [0.2, 0.25) is 0 Å². The van der Waals surface area contributed by atoms with Crippen LogP contribution in [0.3, 0.4) is 0 Å². The van der Waals surface area contributed by atoms with E-state index in [1.165, 1.54) is 32.5 Å². The molecule has 7 nitrogen and oxygen atoms in total. The van der Waals surface area contributed by atoms with Gasteiger partial charge in [-0.25, -0.2) is 4.68 Å². The van der Waals surface area contributed by atoms with E-state index in [4.69, 9.17) is 12.2 Å². The van der Waals surface area contributed by atoms with E-state index in [0.29, 0.717) is 11.2 Å². The Morgan fingerprint density at radius 2 is 2.00 bits per heavy atom. The van der Waals surface area contributed by atoms with Crippen LogP contribution in [0, 0.1) is 11.8 Å². The highest BCUT2D eigenvalue weighted by atomic mass is 32.1. The Labute approximate surface area is 197 Å². The normalized spacial score (nSPS) is 24.8. The second-order valence-corrected chi connectivity index (χ2v) is 10.00. The van der Waals surface area contributed by atoms with Gasteiger partial charge < -0.3 is 20.4 Å². The third kappa shape index (κ3) is 6.07. The van der Waals surface area contributed by atoms with E-state index < -0.39 is 0 Å². The molecule has 174 valence electrons. The van der Waals surface area contributed by atoms with Gasteiger partial charge in [0.05, 0.1) is 5.69 Å². The van der Waals surface area contributed by atoms with E-state index in [1.54, 1.807) is 6.20 Å². The molecular formula is C24H37N7S. The average molecular weight is 456 g/mol. The quantitative estimate of drug-likeness (QED) is 0.563. The molecule has 3 aliphatic heterocycles. The molecular weight excluding hydrogens is 418 g/mol. The summed E-state index contributed by atoms with van der Waals surface area (Å²) < 4.78 is 1.85. The minimum Gasteiger partial charge on any atom is -0.361 e. The third-order valence-corrected chi connectivity index (χ3v) is 7.13. The topological polar surface area (TPSA) is 51.6 Å². The number of thiocarbonyl (C=S) groups is 1. The Balaban J connectivity index is 1.21. The highest BCUT2D eigenvalue weighted by Crippen LogP contribution is 2.36. The maximum absolute atomic E-state index is 5.56. The summed E-state index contributed by atoms with van der Waals surface area (Å²) in [6, 6.07) is 10.7. The fraction of sp³-hybridized carbons (Fsp3) is 0.583. The van der Waals surface area contributed by atoms with Crippen molar-refractivity contribution < 1.29 is 0 Å². The molecule has 1 aromatic carbocycles. The number of hydrogen-bond acceptors (Lipinski definition) is 5. The standard InChI is InChI=1S/C24H37N7S/c1-28(2)13-14-29(3)17-20-18-30-12-9-19(20)15-23(30)16-25-24(32)27-21-5-7-22(8-6-21)31-11-4-10-26-31/h4-8,10-11,19-20,23H,9,12-18H2,1-3H3,(H2,25,27,32)/t19-,20+,23+/m0/s1. The molecule has 1 aromatic heterocycles. The number of nitrogens with one attached hydrogen (secondary N) is 2. The van der Waals surface area contributed by atoms with E-state index in [9.17, 15) is 0 Å². The van der Waals surface area contributed by atoms with Crippen molar-refractivity contribution in [2.45, 2.75) is 18.9 Å². The van der Waals surface area contributed by atoms with Crippen molar-refractivity contribution in [3.05, 3.63) is 42.7 Å². The molecule has 8 heteroatoms. The molecule has 0 radical (unpaired) electrons. The van der Waals surface area contributed by atoms with Gasteiger partial charge in [-0.15, -0.1) is 0 Å². The first-order valence-electron chi connectivity index (χ1n) is 11.7. The van der Waals surface area contributed by atoms with Gasteiger partial charge in [0, 0.05) is 56.8 Å². The van der Waals surface area contributed by atoms with Crippen LogP contribution in [-0.2, 0) is 0 Å². The average Bonchev–Trinajstić information content (AvgIpc) is 3.32. The second kappa shape index (κ2) is 10.7. The van der Waals surface area contributed by atoms with Crippen molar-refractivity contribution in [2.75, 3.05) is 65.7 Å². The van der Waals surface area contributed by atoms with Gasteiger partial charge in [-0.1, -0.05) is 0 Å². The van der Waals surface area contributed by atoms with Gasteiger partial charge >= 0.3 is 0 Å². The molecule has 5 rings (SSSR count). The summed E-state index contributed by atoms with van der Waals surface area (Å²) in [6.07, 6.45) is 6.34. The Bertz CT molecular complexity index is 852. The van der Waals surface area contributed by atoms with Crippen LogP contribution in [0.15, 0.2) is 42.7 Å².